The van der Waals surface area contributed by atoms with Crippen LogP contribution in [0, 0.1) is 0 Å². The zero-order valence-corrected chi connectivity index (χ0v) is 14.9. The SMILES string of the molecule is CC(C)(C)S.CCN(C)COC(C)(C)CCNC(=O)O. The first-order valence-electron chi connectivity index (χ1n) is 6.89. The van der Waals surface area contributed by atoms with Crippen LogP contribution in [0.2, 0.25) is 0 Å². The van der Waals surface area contributed by atoms with Gasteiger partial charge in [-0.2, -0.15) is 12.6 Å². The molecule has 6 heteroatoms. The van der Waals surface area contributed by atoms with E-state index < -0.39 is 6.09 Å². The predicted octanol–water partition coefficient (Wildman–Crippen LogP) is 3.06. The van der Waals surface area contributed by atoms with E-state index in [1.807, 2.05) is 25.8 Å². The van der Waals surface area contributed by atoms with E-state index in [9.17, 15) is 4.79 Å². The quantitative estimate of drug-likeness (QED) is 0.500. The summed E-state index contributed by atoms with van der Waals surface area (Å²) in [4.78, 5) is 12.3. The molecule has 0 saturated heterocycles. The molecule has 1 amide bonds. The van der Waals surface area contributed by atoms with Crippen LogP contribution in [-0.4, -0.2) is 53.3 Å². The van der Waals surface area contributed by atoms with Crippen LogP contribution >= 0.6 is 12.6 Å². The summed E-state index contributed by atoms with van der Waals surface area (Å²) in [5.41, 5.74) is -0.300. The maximum atomic E-state index is 10.2. The molecule has 5 nitrogen and oxygen atoms in total. The van der Waals surface area contributed by atoms with Crippen LogP contribution in [0.3, 0.4) is 0 Å². The first-order chi connectivity index (χ1) is 8.87. The van der Waals surface area contributed by atoms with E-state index in [-0.39, 0.29) is 10.3 Å². The largest absolute Gasteiger partial charge is 0.465 e. The van der Waals surface area contributed by atoms with Crippen molar-refractivity contribution in [1.82, 2.24) is 10.2 Å². The van der Waals surface area contributed by atoms with E-state index in [1.165, 1.54) is 0 Å². The van der Waals surface area contributed by atoms with Gasteiger partial charge in [-0.05, 0) is 33.9 Å². The molecule has 0 unspecified atom stereocenters. The van der Waals surface area contributed by atoms with Gasteiger partial charge < -0.3 is 15.2 Å². The number of ether oxygens (including phenoxy) is 1. The molecule has 0 aliphatic heterocycles. The Kier molecular flexibility index (Phi) is 11.2. The standard InChI is InChI=1S/C10H22N2O3.C4H10S/c1-5-12(4)8-15-10(2,3)6-7-11-9(13)14;1-4(2,3)5/h11H,5-8H2,1-4H3,(H,13,14);5H,1-3H3. The number of amides is 1. The fraction of sp³-hybridized carbons (Fsp3) is 0.929. The van der Waals surface area contributed by atoms with Gasteiger partial charge in [0, 0.05) is 11.3 Å². The van der Waals surface area contributed by atoms with Gasteiger partial charge in [0.1, 0.15) is 0 Å². The van der Waals surface area contributed by atoms with Gasteiger partial charge >= 0.3 is 6.09 Å². The molecule has 20 heavy (non-hydrogen) atoms. The van der Waals surface area contributed by atoms with Crippen molar-refractivity contribution in [3.05, 3.63) is 0 Å². The van der Waals surface area contributed by atoms with Crippen molar-refractivity contribution in [2.45, 2.75) is 58.3 Å². The molecule has 0 aromatic heterocycles. The van der Waals surface area contributed by atoms with E-state index in [0.717, 1.165) is 6.54 Å². The Morgan fingerprint density at radius 3 is 2.10 bits per heavy atom. The highest BCUT2D eigenvalue weighted by Crippen LogP contribution is 2.13. The fourth-order valence-electron chi connectivity index (χ4n) is 0.919. The molecular weight excluding hydrogens is 276 g/mol. The normalized spacial score (nSPS) is 11.8. The number of rotatable bonds is 7. The predicted molar refractivity (Wildman–Crippen MR) is 87.7 cm³/mol. The van der Waals surface area contributed by atoms with Crippen molar-refractivity contribution < 1.29 is 14.6 Å². The number of thiol groups is 1. The van der Waals surface area contributed by atoms with Crippen molar-refractivity contribution in [1.29, 1.82) is 0 Å². The van der Waals surface area contributed by atoms with E-state index in [0.29, 0.717) is 19.7 Å². The van der Waals surface area contributed by atoms with Gasteiger partial charge in [-0.1, -0.05) is 27.7 Å². The number of hydrogen-bond donors (Lipinski definition) is 3. The summed E-state index contributed by atoms with van der Waals surface area (Å²) in [6.07, 6.45) is -0.326. The number of carbonyl (C=O) groups is 1. The number of carboxylic acid groups (broad SMARTS) is 1. The maximum absolute atomic E-state index is 10.2. The third-order valence-corrected chi connectivity index (χ3v) is 2.22. The molecule has 2 N–H and O–H groups in total. The summed E-state index contributed by atoms with van der Waals surface area (Å²) in [5, 5.41) is 10.7. The highest BCUT2D eigenvalue weighted by molar-refractivity contribution is 7.81. The van der Waals surface area contributed by atoms with Gasteiger partial charge in [0.2, 0.25) is 0 Å². The first-order valence-corrected chi connectivity index (χ1v) is 7.34. The Hall–Kier alpha value is -0.460. The molecular formula is C14H32N2O3S. The number of nitrogens with zero attached hydrogens (tertiary/aromatic N) is 1. The Morgan fingerprint density at radius 2 is 1.75 bits per heavy atom. The van der Waals surface area contributed by atoms with Gasteiger partial charge in [-0.3, -0.25) is 4.90 Å². The van der Waals surface area contributed by atoms with Crippen molar-refractivity contribution in [2.24, 2.45) is 0 Å². The Morgan fingerprint density at radius 1 is 1.30 bits per heavy atom. The van der Waals surface area contributed by atoms with Crippen molar-refractivity contribution in [3.8, 4) is 0 Å². The summed E-state index contributed by atoms with van der Waals surface area (Å²) >= 11 is 4.12. The molecule has 0 aliphatic carbocycles. The lowest BCUT2D eigenvalue weighted by molar-refractivity contribution is -0.0692. The molecule has 0 rings (SSSR count). The third-order valence-electron chi connectivity index (χ3n) is 2.22. The molecule has 0 bridgehead atoms. The van der Waals surface area contributed by atoms with Crippen LogP contribution < -0.4 is 5.32 Å². The molecule has 0 aromatic carbocycles. The average Bonchev–Trinajstić information content (AvgIpc) is 2.22. The van der Waals surface area contributed by atoms with Gasteiger partial charge in [0.05, 0.1) is 12.3 Å². The highest BCUT2D eigenvalue weighted by atomic mass is 32.1. The second kappa shape index (κ2) is 10.3. The van der Waals surface area contributed by atoms with Crippen LogP contribution in [0.5, 0.6) is 0 Å². The van der Waals surface area contributed by atoms with E-state index in [1.54, 1.807) is 0 Å². The maximum Gasteiger partial charge on any atom is 0.404 e. The van der Waals surface area contributed by atoms with E-state index >= 15 is 0 Å². The minimum atomic E-state index is -0.989. The van der Waals surface area contributed by atoms with Crippen LogP contribution in [-0.2, 0) is 4.74 Å². The second-order valence-corrected chi connectivity index (χ2v) is 7.70. The van der Waals surface area contributed by atoms with Crippen LogP contribution in [0.4, 0.5) is 4.79 Å². The summed E-state index contributed by atoms with van der Waals surface area (Å²) in [6.45, 7) is 14.0. The molecule has 0 atom stereocenters. The molecule has 0 aliphatic rings. The Balaban J connectivity index is 0. The molecule has 0 fully saturated rings. The monoisotopic (exact) mass is 308 g/mol. The molecule has 0 heterocycles. The molecule has 0 spiro atoms. The lowest BCUT2D eigenvalue weighted by atomic mass is 10.1. The van der Waals surface area contributed by atoms with E-state index in [4.69, 9.17) is 9.84 Å². The molecule has 0 radical (unpaired) electrons. The molecule has 0 aromatic rings. The van der Waals surface area contributed by atoms with Gasteiger partial charge in [0.25, 0.3) is 0 Å². The minimum absolute atomic E-state index is 0.194. The number of nitrogens with one attached hydrogen (secondary N) is 1. The van der Waals surface area contributed by atoms with Crippen LogP contribution in [0.25, 0.3) is 0 Å². The van der Waals surface area contributed by atoms with Crippen molar-refractivity contribution in [2.75, 3.05) is 26.9 Å². The Labute approximate surface area is 129 Å². The smallest absolute Gasteiger partial charge is 0.404 e. The summed E-state index contributed by atoms with van der Waals surface area (Å²) in [6, 6.07) is 0. The zero-order valence-electron chi connectivity index (χ0n) is 14.0. The highest BCUT2D eigenvalue weighted by Gasteiger charge is 2.18. The lowest BCUT2D eigenvalue weighted by Gasteiger charge is -2.27. The molecule has 0 saturated carbocycles. The lowest BCUT2D eigenvalue weighted by Crippen LogP contribution is -2.35. The van der Waals surface area contributed by atoms with Gasteiger partial charge in [-0.15, -0.1) is 0 Å². The van der Waals surface area contributed by atoms with Gasteiger partial charge in [-0.25, -0.2) is 4.79 Å². The summed E-state index contributed by atoms with van der Waals surface area (Å²) in [7, 11) is 1.98. The average molecular weight is 308 g/mol. The van der Waals surface area contributed by atoms with Crippen LogP contribution in [0.1, 0.15) is 48.0 Å². The van der Waals surface area contributed by atoms with Crippen molar-refractivity contribution in [3.63, 3.8) is 0 Å². The molecule has 122 valence electrons. The summed E-state index contributed by atoms with van der Waals surface area (Å²) in [5.74, 6) is 0. The fourth-order valence-corrected chi connectivity index (χ4v) is 0.919. The second-order valence-electron chi connectivity index (χ2n) is 6.36. The van der Waals surface area contributed by atoms with Crippen LogP contribution in [0.15, 0.2) is 0 Å². The summed E-state index contributed by atoms with van der Waals surface area (Å²) < 4.78 is 5.85. The Bertz CT molecular complexity index is 260. The van der Waals surface area contributed by atoms with E-state index in [2.05, 4.69) is 45.6 Å². The zero-order chi connectivity index (χ0) is 16.4. The van der Waals surface area contributed by atoms with Gasteiger partial charge in [0.15, 0.2) is 0 Å². The topological polar surface area (TPSA) is 61.8 Å². The van der Waals surface area contributed by atoms with Crippen molar-refractivity contribution >= 4 is 18.7 Å². The third kappa shape index (κ3) is 22.7. The minimum Gasteiger partial charge on any atom is -0.465 e. The first kappa shape index (κ1) is 21.8. The number of hydrogen-bond acceptors (Lipinski definition) is 4.